The number of hydrogen-bond donors (Lipinski definition) is 1. The molecule has 3 rings (SSSR count). The molecule has 2 aliphatic rings. The van der Waals surface area contributed by atoms with Gasteiger partial charge in [0, 0.05) is 0 Å². The number of likely N-dealkylation sites (tertiary alicyclic amines) is 1. The van der Waals surface area contributed by atoms with Gasteiger partial charge in [0.1, 0.15) is 5.75 Å². The topological polar surface area (TPSA) is 38.5 Å². The minimum Gasteiger partial charge on any atom is -0.488 e. The third-order valence-corrected chi connectivity index (χ3v) is 4.61. The summed E-state index contributed by atoms with van der Waals surface area (Å²) in [6.07, 6.45) is 6.56. The van der Waals surface area contributed by atoms with Gasteiger partial charge in [-0.25, -0.2) is 0 Å². The Hall–Kier alpha value is -1.22. The lowest BCUT2D eigenvalue weighted by atomic mass is 9.88. The van der Waals surface area contributed by atoms with Crippen molar-refractivity contribution in [3.05, 3.63) is 23.3 Å². The number of hydrogen-bond acceptors (Lipinski definition) is 3. The molecule has 1 atom stereocenters. The molecule has 0 amide bonds. The molecule has 0 spiro atoms. The van der Waals surface area contributed by atoms with Gasteiger partial charge >= 0.3 is 0 Å². The van der Waals surface area contributed by atoms with E-state index in [2.05, 4.69) is 31.0 Å². The van der Waals surface area contributed by atoms with Gasteiger partial charge in [0.25, 0.3) is 0 Å². The van der Waals surface area contributed by atoms with Gasteiger partial charge in [-0.3, -0.25) is 0 Å². The average Bonchev–Trinajstić information content (AvgIpc) is 3.21. The van der Waals surface area contributed by atoms with Crippen molar-refractivity contribution >= 4 is 5.69 Å². The van der Waals surface area contributed by atoms with Crippen LogP contribution in [0.5, 0.6) is 5.75 Å². The van der Waals surface area contributed by atoms with Crippen LogP contribution in [0.4, 0.5) is 5.69 Å². The van der Waals surface area contributed by atoms with Crippen molar-refractivity contribution < 1.29 is 4.74 Å². The Bertz CT molecular complexity index is 482. The average molecular weight is 274 g/mol. The molecule has 0 radical (unpaired) electrons. The number of nitrogens with zero attached hydrogens (tertiary/aromatic N) is 1. The van der Waals surface area contributed by atoms with E-state index in [0.29, 0.717) is 12.0 Å². The predicted octanol–water partition coefficient (Wildman–Crippen LogP) is 3.32. The number of benzene rings is 1. The number of nitrogens with two attached hydrogens (primary N) is 1. The van der Waals surface area contributed by atoms with Gasteiger partial charge in [0.15, 0.2) is 0 Å². The van der Waals surface area contributed by atoms with Gasteiger partial charge in [-0.05, 0) is 88.3 Å². The van der Waals surface area contributed by atoms with Crippen LogP contribution in [0.2, 0.25) is 0 Å². The van der Waals surface area contributed by atoms with Crippen LogP contribution in [0, 0.1) is 6.92 Å². The molecule has 0 aromatic heterocycles. The van der Waals surface area contributed by atoms with E-state index < -0.39 is 0 Å². The minimum atomic E-state index is 0.410. The summed E-state index contributed by atoms with van der Waals surface area (Å²) < 4.78 is 5.96. The third kappa shape index (κ3) is 3.09. The zero-order chi connectivity index (χ0) is 14.1. The Morgan fingerprint density at radius 1 is 1.15 bits per heavy atom. The summed E-state index contributed by atoms with van der Waals surface area (Å²) in [7, 11) is 2.22. The molecular formula is C17H26N2O. The van der Waals surface area contributed by atoms with E-state index in [4.69, 9.17) is 10.5 Å². The van der Waals surface area contributed by atoms with Crippen LogP contribution in [0.1, 0.15) is 49.1 Å². The molecule has 1 aromatic carbocycles. The standard InChI is InChI=1S/C17H26N2O/c1-12-10-16(18)17(20-14-5-6-14)11-15(12)13-4-3-8-19(2)9-7-13/h10-11,13-14H,3-9,18H2,1-2H3. The van der Waals surface area contributed by atoms with E-state index in [1.807, 2.05) is 0 Å². The second kappa shape index (κ2) is 5.65. The summed E-state index contributed by atoms with van der Waals surface area (Å²) in [4.78, 5) is 2.44. The Balaban J connectivity index is 1.83. The number of anilines is 1. The summed E-state index contributed by atoms with van der Waals surface area (Å²) in [6, 6.07) is 4.32. The lowest BCUT2D eigenvalue weighted by Crippen LogP contribution is -2.18. The van der Waals surface area contributed by atoms with E-state index >= 15 is 0 Å². The lowest BCUT2D eigenvalue weighted by molar-refractivity contribution is 0.304. The molecule has 1 aromatic rings. The first kappa shape index (κ1) is 13.7. The molecule has 3 nitrogen and oxygen atoms in total. The second-order valence-corrected chi connectivity index (χ2v) is 6.49. The van der Waals surface area contributed by atoms with Crippen molar-refractivity contribution in [3.63, 3.8) is 0 Å². The number of nitrogen functional groups attached to an aromatic ring is 1. The van der Waals surface area contributed by atoms with Crippen molar-refractivity contribution in [2.45, 2.75) is 51.0 Å². The maximum atomic E-state index is 6.12. The van der Waals surface area contributed by atoms with Gasteiger partial charge in [-0.1, -0.05) is 0 Å². The molecule has 2 N–H and O–H groups in total. The second-order valence-electron chi connectivity index (χ2n) is 6.49. The van der Waals surface area contributed by atoms with Crippen molar-refractivity contribution in [2.75, 3.05) is 25.9 Å². The van der Waals surface area contributed by atoms with E-state index in [-0.39, 0.29) is 0 Å². The van der Waals surface area contributed by atoms with Gasteiger partial charge in [0.05, 0.1) is 11.8 Å². The normalized spacial score (nSPS) is 24.4. The molecule has 20 heavy (non-hydrogen) atoms. The fraction of sp³-hybridized carbons (Fsp3) is 0.647. The zero-order valence-electron chi connectivity index (χ0n) is 12.7. The number of rotatable bonds is 3. The summed E-state index contributed by atoms with van der Waals surface area (Å²) in [5.74, 6) is 1.56. The van der Waals surface area contributed by atoms with E-state index in [9.17, 15) is 0 Å². The predicted molar refractivity (Wildman–Crippen MR) is 83.3 cm³/mol. The molecule has 110 valence electrons. The maximum absolute atomic E-state index is 6.12. The van der Waals surface area contributed by atoms with E-state index in [0.717, 1.165) is 11.4 Å². The fourth-order valence-electron chi connectivity index (χ4n) is 3.18. The highest BCUT2D eigenvalue weighted by atomic mass is 16.5. The van der Waals surface area contributed by atoms with Gasteiger partial charge in [-0.2, -0.15) is 0 Å². The smallest absolute Gasteiger partial charge is 0.142 e. The highest BCUT2D eigenvalue weighted by molar-refractivity contribution is 5.57. The lowest BCUT2D eigenvalue weighted by Gasteiger charge is -2.20. The van der Waals surface area contributed by atoms with Gasteiger partial charge in [0.2, 0.25) is 0 Å². The molecule has 1 unspecified atom stereocenters. The monoisotopic (exact) mass is 274 g/mol. The summed E-state index contributed by atoms with van der Waals surface area (Å²) in [5.41, 5.74) is 9.68. The molecule has 1 aliphatic carbocycles. The maximum Gasteiger partial charge on any atom is 0.142 e. The highest BCUT2D eigenvalue weighted by Gasteiger charge is 2.26. The van der Waals surface area contributed by atoms with E-state index in [1.165, 1.54) is 56.3 Å². The first-order valence-corrected chi connectivity index (χ1v) is 7.88. The summed E-state index contributed by atoms with van der Waals surface area (Å²) in [5, 5.41) is 0. The molecule has 1 heterocycles. The number of ether oxygens (including phenoxy) is 1. The molecule has 1 aliphatic heterocycles. The minimum absolute atomic E-state index is 0.410. The van der Waals surface area contributed by atoms with Crippen LogP contribution in [-0.4, -0.2) is 31.1 Å². The Labute approximate surface area is 122 Å². The summed E-state index contributed by atoms with van der Waals surface area (Å²) >= 11 is 0. The van der Waals surface area contributed by atoms with Crippen LogP contribution < -0.4 is 10.5 Å². The molecule has 1 saturated heterocycles. The first-order valence-electron chi connectivity index (χ1n) is 7.88. The molecule has 3 heteroatoms. The van der Waals surface area contributed by atoms with Gasteiger partial charge < -0.3 is 15.4 Å². The van der Waals surface area contributed by atoms with E-state index in [1.54, 1.807) is 0 Å². The van der Waals surface area contributed by atoms with Crippen molar-refractivity contribution in [2.24, 2.45) is 0 Å². The molecule has 0 bridgehead atoms. The molecule has 2 fully saturated rings. The SMILES string of the molecule is Cc1cc(N)c(OC2CC2)cc1C1CCCN(C)CC1. The Morgan fingerprint density at radius 3 is 2.70 bits per heavy atom. The summed E-state index contributed by atoms with van der Waals surface area (Å²) in [6.45, 7) is 4.59. The van der Waals surface area contributed by atoms with Gasteiger partial charge in [-0.15, -0.1) is 0 Å². The van der Waals surface area contributed by atoms with Crippen molar-refractivity contribution in [1.82, 2.24) is 4.90 Å². The molecular weight excluding hydrogens is 248 g/mol. The van der Waals surface area contributed by atoms with Crippen LogP contribution in [0.3, 0.4) is 0 Å². The Kier molecular flexibility index (Phi) is 3.88. The number of aryl methyl sites for hydroxylation is 1. The zero-order valence-corrected chi connectivity index (χ0v) is 12.7. The fourth-order valence-corrected chi connectivity index (χ4v) is 3.18. The van der Waals surface area contributed by atoms with Crippen molar-refractivity contribution in [3.8, 4) is 5.75 Å². The van der Waals surface area contributed by atoms with Crippen LogP contribution in [0.25, 0.3) is 0 Å². The van der Waals surface area contributed by atoms with Crippen LogP contribution in [-0.2, 0) is 0 Å². The third-order valence-electron chi connectivity index (χ3n) is 4.61. The quantitative estimate of drug-likeness (QED) is 0.859. The Morgan fingerprint density at radius 2 is 1.95 bits per heavy atom. The largest absolute Gasteiger partial charge is 0.488 e. The van der Waals surface area contributed by atoms with Crippen molar-refractivity contribution in [1.29, 1.82) is 0 Å². The molecule has 1 saturated carbocycles. The first-order chi connectivity index (χ1) is 9.63. The van der Waals surface area contributed by atoms with Crippen LogP contribution >= 0.6 is 0 Å². The highest BCUT2D eigenvalue weighted by Crippen LogP contribution is 2.37. The van der Waals surface area contributed by atoms with Crippen LogP contribution in [0.15, 0.2) is 12.1 Å².